The minimum Gasteiger partial charge on any atom is -0.381 e. The van der Waals surface area contributed by atoms with Crippen LogP contribution in [0.25, 0.3) is 0 Å². The van der Waals surface area contributed by atoms with E-state index in [0.29, 0.717) is 18.0 Å². The van der Waals surface area contributed by atoms with Crippen molar-refractivity contribution in [2.75, 3.05) is 20.3 Å². The monoisotopic (exact) mass is 253 g/mol. The van der Waals surface area contributed by atoms with E-state index < -0.39 is 0 Å². The lowest BCUT2D eigenvalue weighted by molar-refractivity contribution is 0.0748. The van der Waals surface area contributed by atoms with Crippen LogP contribution in [0.2, 0.25) is 0 Å². The zero-order chi connectivity index (χ0) is 12.4. The number of hydrogen-bond acceptors (Lipinski definition) is 6. The van der Waals surface area contributed by atoms with Gasteiger partial charge in [0.2, 0.25) is 0 Å². The van der Waals surface area contributed by atoms with Crippen LogP contribution in [0.1, 0.15) is 32.1 Å². The Morgan fingerprint density at radius 2 is 2.00 bits per heavy atom. The van der Waals surface area contributed by atoms with Crippen molar-refractivity contribution in [3.05, 3.63) is 0 Å². The second-order valence-electron chi connectivity index (χ2n) is 5.63. The third-order valence-corrected chi connectivity index (χ3v) is 4.24. The molecule has 1 saturated carbocycles. The number of ether oxygens (including phenoxy) is 1. The Kier molecular flexibility index (Phi) is 3.77. The van der Waals surface area contributed by atoms with Gasteiger partial charge in [0.15, 0.2) is 0 Å². The summed E-state index contributed by atoms with van der Waals surface area (Å²) in [5.41, 5.74) is 3.27. The van der Waals surface area contributed by atoms with Crippen molar-refractivity contribution in [3.63, 3.8) is 0 Å². The first-order chi connectivity index (χ1) is 8.81. The molecule has 3 rings (SSSR count). The highest BCUT2D eigenvalue weighted by Gasteiger charge is 2.34. The Bertz CT molecular complexity index is 305. The molecule has 0 radical (unpaired) electrons. The first kappa shape index (κ1) is 12.3. The van der Waals surface area contributed by atoms with Gasteiger partial charge >= 0.3 is 0 Å². The van der Waals surface area contributed by atoms with Crippen LogP contribution in [0.3, 0.4) is 0 Å². The molecule has 1 saturated heterocycles. The molecule has 2 aliphatic heterocycles. The molecular weight excluding hydrogens is 230 g/mol. The summed E-state index contributed by atoms with van der Waals surface area (Å²) in [5, 5.41) is 13.8. The first-order valence-corrected chi connectivity index (χ1v) is 7.06. The second-order valence-corrected chi connectivity index (χ2v) is 5.63. The normalized spacial score (nSPS) is 37.6. The fourth-order valence-corrected chi connectivity index (χ4v) is 3.23. The maximum atomic E-state index is 5.40. The van der Waals surface area contributed by atoms with Gasteiger partial charge in [-0.2, -0.15) is 5.43 Å². The van der Waals surface area contributed by atoms with Crippen LogP contribution in [0.5, 0.6) is 0 Å². The molecule has 0 aromatic rings. The summed E-state index contributed by atoms with van der Waals surface area (Å²) >= 11 is 0. The van der Waals surface area contributed by atoms with Crippen LogP contribution in [0, 0.1) is 5.92 Å². The molecule has 2 heterocycles. The third kappa shape index (κ3) is 2.81. The van der Waals surface area contributed by atoms with E-state index in [9.17, 15) is 0 Å². The zero-order valence-corrected chi connectivity index (χ0v) is 11.0. The van der Waals surface area contributed by atoms with E-state index in [0.717, 1.165) is 26.1 Å². The van der Waals surface area contributed by atoms with Crippen molar-refractivity contribution in [2.24, 2.45) is 16.3 Å². The molecule has 0 spiro atoms. The van der Waals surface area contributed by atoms with E-state index in [1.165, 1.54) is 19.3 Å². The van der Waals surface area contributed by atoms with Crippen LogP contribution in [-0.2, 0) is 4.74 Å². The maximum Gasteiger partial charge on any atom is 0.144 e. The number of hydrogen-bond donors (Lipinski definition) is 2. The molecule has 3 aliphatic rings. The van der Waals surface area contributed by atoms with Crippen molar-refractivity contribution in [2.45, 2.75) is 50.4 Å². The SMILES string of the molecule is CN1N=NC(C2CC[C@@H](NC3CCOCC3)C2)N1. The van der Waals surface area contributed by atoms with Crippen molar-refractivity contribution < 1.29 is 4.74 Å². The van der Waals surface area contributed by atoms with Crippen LogP contribution in [0.15, 0.2) is 10.3 Å². The van der Waals surface area contributed by atoms with Crippen molar-refractivity contribution in [3.8, 4) is 0 Å². The molecule has 0 aromatic carbocycles. The Hall–Kier alpha value is -0.720. The fourth-order valence-electron chi connectivity index (χ4n) is 3.23. The summed E-state index contributed by atoms with van der Waals surface area (Å²) in [7, 11) is 1.90. The predicted octanol–water partition coefficient (Wildman–Crippen LogP) is 1.07. The van der Waals surface area contributed by atoms with Gasteiger partial charge in [-0.3, -0.25) is 0 Å². The average molecular weight is 253 g/mol. The highest BCUT2D eigenvalue weighted by atomic mass is 16.5. The molecule has 18 heavy (non-hydrogen) atoms. The van der Waals surface area contributed by atoms with Crippen LogP contribution in [-0.4, -0.2) is 43.6 Å². The molecule has 0 aromatic heterocycles. The van der Waals surface area contributed by atoms with E-state index in [-0.39, 0.29) is 6.17 Å². The van der Waals surface area contributed by atoms with Crippen molar-refractivity contribution >= 4 is 0 Å². The van der Waals surface area contributed by atoms with Gasteiger partial charge in [0, 0.05) is 32.3 Å². The molecule has 102 valence electrons. The van der Waals surface area contributed by atoms with Gasteiger partial charge in [0.25, 0.3) is 0 Å². The van der Waals surface area contributed by atoms with Crippen LogP contribution in [0.4, 0.5) is 0 Å². The Morgan fingerprint density at radius 3 is 2.72 bits per heavy atom. The maximum absolute atomic E-state index is 5.40. The van der Waals surface area contributed by atoms with Gasteiger partial charge in [0.05, 0.1) is 0 Å². The summed E-state index contributed by atoms with van der Waals surface area (Å²) in [6.45, 7) is 1.83. The highest BCUT2D eigenvalue weighted by Crippen LogP contribution is 2.31. The highest BCUT2D eigenvalue weighted by molar-refractivity contribution is 4.88. The van der Waals surface area contributed by atoms with Crippen LogP contribution >= 0.6 is 0 Å². The minimum absolute atomic E-state index is 0.191. The van der Waals surface area contributed by atoms with Crippen molar-refractivity contribution in [1.82, 2.24) is 15.9 Å². The van der Waals surface area contributed by atoms with Crippen molar-refractivity contribution in [1.29, 1.82) is 0 Å². The lowest BCUT2D eigenvalue weighted by Crippen LogP contribution is -2.41. The van der Waals surface area contributed by atoms with E-state index in [4.69, 9.17) is 4.74 Å². The summed E-state index contributed by atoms with van der Waals surface area (Å²) in [6, 6.07) is 1.31. The lowest BCUT2D eigenvalue weighted by atomic mass is 10.0. The number of rotatable bonds is 3. The predicted molar refractivity (Wildman–Crippen MR) is 67.6 cm³/mol. The fraction of sp³-hybridized carbons (Fsp3) is 1.00. The van der Waals surface area contributed by atoms with Gasteiger partial charge in [0.1, 0.15) is 6.17 Å². The summed E-state index contributed by atoms with van der Waals surface area (Å²) in [5.74, 6) is 0.621. The van der Waals surface area contributed by atoms with Gasteiger partial charge in [-0.1, -0.05) is 5.22 Å². The average Bonchev–Trinajstić information content (AvgIpc) is 2.99. The lowest BCUT2D eigenvalue weighted by Gasteiger charge is -2.27. The Balaban J connectivity index is 1.45. The summed E-state index contributed by atoms with van der Waals surface area (Å²) in [4.78, 5) is 0. The van der Waals surface area contributed by atoms with E-state index in [1.807, 2.05) is 7.05 Å². The van der Waals surface area contributed by atoms with Gasteiger partial charge in [-0.25, -0.2) is 5.12 Å². The second kappa shape index (κ2) is 5.50. The van der Waals surface area contributed by atoms with E-state index in [1.54, 1.807) is 5.12 Å². The Labute approximate surface area is 108 Å². The molecule has 2 N–H and O–H groups in total. The molecule has 0 amide bonds. The standard InChI is InChI=1S/C12H23N5O/c1-17-15-12(14-16-17)9-2-3-11(8-9)13-10-4-6-18-7-5-10/h9-13,15H,2-8H2,1H3/t9?,11-,12?/m1/s1. The third-order valence-electron chi connectivity index (χ3n) is 4.24. The number of nitrogens with one attached hydrogen (secondary N) is 2. The molecule has 2 fully saturated rings. The molecule has 1 aliphatic carbocycles. The largest absolute Gasteiger partial charge is 0.381 e. The number of nitrogens with zero attached hydrogens (tertiary/aromatic N) is 3. The minimum atomic E-state index is 0.191. The van der Waals surface area contributed by atoms with Gasteiger partial charge < -0.3 is 10.1 Å². The zero-order valence-electron chi connectivity index (χ0n) is 11.0. The summed E-state index contributed by atoms with van der Waals surface area (Å²) in [6.07, 6.45) is 6.22. The van der Waals surface area contributed by atoms with Gasteiger partial charge in [-0.05, 0) is 38.0 Å². The number of hydrazine groups is 1. The van der Waals surface area contributed by atoms with E-state index >= 15 is 0 Å². The molecule has 6 heteroatoms. The summed E-state index contributed by atoms with van der Waals surface area (Å²) < 4.78 is 5.40. The molecule has 0 bridgehead atoms. The first-order valence-electron chi connectivity index (χ1n) is 7.06. The molecule has 3 atom stereocenters. The smallest absolute Gasteiger partial charge is 0.144 e. The quantitative estimate of drug-likeness (QED) is 0.790. The molecule has 2 unspecified atom stereocenters. The van der Waals surface area contributed by atoms with Crippen LogP contribution < -0.4 is 10.7 Å². The van der Waals surface area contributed by atoms with E-state index in [2.05, 4.69) is 21.1 Å². The molecular formula is C12H23N5O. The Morgan fingerprint density at radius 1 is 1.17 bits per heavy atom. The van der Waals surface area contributed by atoms with Gasteiger partial charge in [-0.15, -0.1) is 5.11 Å². The molecule has 6 nitrogen and oxygen atoms in total. The topological polar surface area (TPSA) is 61.2 Å².